The second-order valence-electron chi connectivity index (χ2n) is 6.24. The molecule has 0 heterocycles. The van der Waals surface area contributed by atoms with E-state index < -0.39 is 71.4 Å². The second kappa shape index (κ2) is 8.28. The Bertz CT molecular complexity index is 855. The first-order chi connectivity index (χ1) is 15.1. The van der Waals surface area contributed by atoms with E-state index in [4.69, 9.17) is 0 Å². The van der Waals surface area contributed by atoms with Gasteiger partial charge < -0.3 is 0 Å². The van der Waals surface area contributed by atoms with E-state index in [1.165, 1.54) is 0 Å². The summed E-state index contributed by atoms with van der Waals surface area (Å²) in [4.78, 5) is 0. The Labute approximate surface area is 180 Å². The van der Waals surface area contributed by atoms with Gasteiger partial charge in [-0.25, -0.2) is 0 Å². The maximum Gasteiger partial charge on any atom is 1.00 e. The SMILES string of the molecule is FC(F)=C(F)C(F)(F)C(F)(F)C(F)(F)C(F)(F)C(F)(F)C(F)(F)C(F)(F)C(F)(F)C(F)(F)C(F)(F)F.[H+]. The van der Waals surface area contributed by atoms with Gasteiger partial charge in [0.25, 0.3) is 0 Å². The van der Waals surface area contributed by atoms with Crippen molar-refractivity contribution in [2.45, 2.75) is 59.5 Å². The first-order valence-electron chi connectivity index (χ1n) is 7.29. The molecule has 0 spiro atoms. The molecule has 216 valence electrons. The Kier molecular flexibility index (Phi) is 7.83. The van der Waals surface area contributed by atoms with E-state index in [0.717, 1.165) is 0 Å². The number of hydrogen-bond acceptors (Lipinski definition) is 0. The van der Waals surface area contributed by atoms with Crippen molar-refractivity contribution in [1.29, 1.82) is 0 Å². The number of rotatable bonds is 9. The lowest BCUT2D eigenvalue weighted by Gasteiger charge is -2.44. The predicted octanol–water partition coefficient (Wildman–Crippen LogP) is 8.46. The molecule has 24 heteroatoms. The zero-order valence-corrected chi connectivity index (χ0v) is 15.1. The minimum Gasteiger partial charge on any atom is -0.199 e. The predicted molar refractivity (Wildman–Crippen MR) is 62.0 cm³/mol. The fourth-order valence-electron chi connectivity index (χ4n) is 1.81. The van der Waals surface area contributed by atoms with E-state index >= 15 is 0 Å². The summed E-state index contributed by atoms with van der Waals surface area (Å²) in [6, 6.07) is 0. The van der Waals surface area contributed by atoms with Crippen molar-refractivity contribution in [3.63, 3.8) is 0 Å². The first kappa shape index (κ1) is 34.1. The van der Waals surface area contributed by atoms with Crippen molar-refractivity contribution in [2.75, 3.05) is 0 Å². The van der Waals surface area contributed by atoms with Gasteiger partial charge in [0.1, 0.15) is 0 Å². The smallest absolute Gasteiger partial charge is 0.199 e. The summed E-state index contributed by atoms with van der Waals surface area (Å²) >= 11 is 0. The minimum absolute atomic E-state index is 0. The van der Waals surface area contributed by atoms with Crippen molar-refractivity contribution in [2.24, 2.45) is 0 Å². The van der Waals surface area contributed by atoms with Gasteiger partial charge in [-0.1, -0.05) is 0 Å². The van der Waals surface area contributed by atoms with Gasteiger partial charge >= 0.3 is 67.0 Å². The quantitative estimate of drug-likeness (QED) is 0.233. The van der Waals surface area contributed by atoms with Crippen molar-refractivity contribution < 1.29 is 107 Å². The lowest BCUT2D eigenvalue weighted by molar-refractivity contribution is -0.473. The third-order valence-electron chi connectivity index (χ3n) is 3.95. The van der Waals surface area contributed by atoms with Gasteiger partial charge in [-0.3, -0.25) is 0 Å². The zero-order chi connectivity index (χ0) is 30.2. The first-order valence-corrected chi connectivity index (χ1v) is 7.29. The van der Waals surface area contributed by atoms with E-state index in [0.29, 0.717) is 0 Å². The van der Waals surface area contributed by atoms with E-state index in [-0.39, 0.29) is 1.43 Å². The Morgan fingerprint density at radius 3 is 0.694 bits per heavy atom. The lowest BCUT2D eigenvalue weighted by Crippen LogP contribution is -2.76. The lowest BCUT2D eigenvalue weighted by atomic mass is 9.86. The largest absolute Gasteiger partial charge is 1.00 e. The molecule has 36 heavy (non-hydrogen) atoms. The summed E-state index contributed by atoms with van der Waals surface area (Å²) in [5, 5.41) is 0. The molecule has 0 saturated carbocycles. The van der Waals surface area contributed by atoms with Crippen molar-refractivity contribution in [3.8, 4) is 0 Å². The van der Waals surface area contributed by atoms with E-state index in [2.05, 4.69) is 0 Å². The fourth-order valence-corrected chi connectivity index (χ4v) is 1.81. The Hall–Kier alpha value is -1.94. The molecule has 0 aliphatic heterocycles. The number of hydrogen-bond donors (Lipinski definition) is 0. The molecular formula is C12HF24+. The maximum absolute atomic E-state index is 13.3. The molecule has 0 nitrogen and oxygen atoms in total. The molecule has 0 radical (unpaired) electrons. The van der Waals surface area contributed by atoms with Crippen LogP contribution in [0.4, 0.5) is 105 Å². The zero-order valence-electron chi connectivity index (χ0n) is 16.1. The summed E-state index contributed by atoms with van der Waals surface area (Å²) in [6.07, 6.45) is -12.9. The summed E-state index contributed by atoms with van der Waals surface area (Å²) in [6.45, 7) is 0. The van der Waals surface area contributed by atoms with Crippen LogP contribution in [-0.4, -0.2) is 59.5 Å². The van der Waals surface area contributed by atoms with Gasteiger partial charge in [0.2, 0.25) is 5.83 Å². The third kappa shape index (κ3) is 3.90. The van der Waals surface area contributed by atoms with Crippen LogP contribution in [0.2, 0.25) is 0 Å². The molecular weight excluding hydrogens is 600 g/mol. The molecule has 0 amide bonds. The molecule has 0 fully saturated rings. The van der Waals surface area contributed by atoms with Crippen LogP contribution in [0.15, 0.2) is 11.9 Å². The second-order valence-corrected chi connectivity index (χ2v) is 6.24. The van der Waals surface area contributed by atoms with Crippen LogP contribution in [0.3, 0.4) is 0 Å². The molecule has 0 aromatic heterocycles. The standard InChI is InChI=1S/C12F24/c13-1(2(14)15)3(16,17)4(18,19)5(20,21)6(22,23)7(24,25)8(26,27)9(28,29)10(30,31)11(32,33)12(34,35)36/p+1. The Morgan fingerprint density at radius 2 is 0.500 bits per heavy atom. The summed E-state index contributed by atoms with van der Waals surface area (Å²) in [5.41, 5.74) is 0. The van der Waals surface area contributed by atoms with Gasteiger partial charge in [-0.2, -0.15) is 105 Å². The highest BCUT2D eigenvalue weighted by molar-refractivity contribution is 5.21. The number of alkyl halides is 21. The van der Waals surface area contributed by atoms with Crippen LogP contribution in [0.1, 0.15) is 1.43 Å². The van der Waals surface area contributed by atoms with E-state index in [9.17, 15) is 105 Å². The van der Waals surface area contributed by atoms with Crippen LogP contribution in [-0.2, 0) is 0 Å². The Balaban J connectivity index is 0. The minimum atomic E-state index is -9.42. The summed E-state index contributed by atoms with van der Waals surface area (Å²) < 4.78 is 307. The Morgan fingerprint density at radius 1 is 0.306 bits per heavy atom. The van der Waals surface area contributed by atoms with Gasteiger partial charge in [0.15, 0.2) is 0 Å². The van der Waals surface area contributed by atoms with Crippen LogP contribution < -0.4 is 0 Å². The molecule has 0 rings (SSSR count). The average Bonchev–Trinajstić information content (AvgIpc) is 2.64. The van der Waals surface area contributed by atoms with Crippen LogP contribution in [0.25, 0.3) is 0 Å². The summed E-state index contributed by atoms with van der Waals surface area (Å²) in [7, 11) is 0. The molecule has 0 aromatic rings. The third-order valence-corrected chi connectivity index (χ3v) is 3.95. The highest BCUT2D eigenvalue weighted by Crippen LogP contribution is 2.66. The number of halogens is 24. The molecule has 0 aliphatic rings. The summed E-state index contributed by atoms with van der Waals surface area (Å²) in [5.74, 6) is -86.1. The van der Waals surface area contributed by atoms with Crippen LogP contribution in [0, 0.1) is 0 Å². The van der Waals surface area contributed by atoms with Gasteiger partial charge in [0, 0.05) is 0 Å². The monoisotopic (exact) mass is 601 g/mol. The van der Waals surface area contributed by atoms with Crippen molar-refractivity contribution >= 4 is 0 Å². The average molecular weight is 601 g/mol. The number of allylic oxidation sites excluding steroid dienone is 1. The van der Waals surface area contributed by atoms with Gasteiger partial charge in [-0.05, 0) is 0 Å². The van der Waals surface area contributed by atoms with Crippen LogP contribution in [0.5, 0.6) is 0 Å². The molecule has 0 aliphatic carbocycles. The molecule has 0 saturated heterocycles. The van der Waals surface area contributed by atoms with E-state index in [1.807, 2.05) is 0 Å². The van der Waals surface area contributed by atoms with Gasteiger partial charge in [-0.15, -0.1) is 0 Å². The molecule has 0 aromatic carbocycles. The molecule has 0 bridgehead atoms. The van der Waals surface area contributed by atoms with E-state index in [1.54, 1.807) is 0 Å². The molecule has 0 unspecified atom stereocenters. The topological polar surface area (TPSA) is 0 Å². The maximum atomic E-state index is 13.3. The highest BCUT2D eigenvalue weighted by Gasteiger charge is 2.98. The molecule has 0 N–H and O–H groups in total. The highest BCUT2D eigenvalue weighted by atomic mass is 19.4. The van der Waals surface area contributed by atoms with Crippen molar-refractivity contribution in [3.05, 3.63) is 11.9 Å². The normalized spacial score (nSPS) is 16.3. The fraction of sp³-hybridized carbons (Fsp3) is 0.833. The molecule has 0 atom stereocenters. The van der Waals surface area contributed by atoms with Crippen LogP contribution >= 0.6 is 0 Å². The van der Waals surface area contributed by atoms with Gasteiger partial charge in [0.05, 0.1) is 0 Å². The van der Waals surface area contributed by atoms with Crippen molar-refractivity contribution in [1.82, 2.24) is 0 Å².